The van der Waals surface area contributed by atoms with Crippen molar-refractivity contribution in [2.24, 2.45) is 11.7 Å². The van der Waals surface area contributed by atoms with Crippen LogP contribution < -0.4 is 72.1 Å². The molecule has 12 rings (SSSR count). The second kappa shape index (κ2) is 36.6. The summed E-state index contributed by atoms with van der Waals surface area (Å²) in [6, 6.07) is 8.42. The molecule has 576 valence electrons. The van der Waals surface area contributed by atoms with Crippen LogP contribution >= 0.6 is 81.2 Å². The molecular formula is C73H81Cl7N14O14. The molecule has 6 atom stereocenters. The van der Waals surface area contributed by atoms with Crippen LogP contribution in [0.25, 0.3) is 66.5 Å². The van der Waals surface area contributed by atoms with Gasteiger partial charge in [-0.1, -0.05) is 89.7 Å². The van der Waals surface area contributed by atoms with Crippen molar-refractivity contribution in [3.05, 3.63) is 141 Å². The Morgan fingerprint density at radius 2 is 0.759 bits per heavy atom. The number of nitrogens with two attached hydrogens (primary N) is 1. The van der Waals surface area contributed by atoms with Gasteiger partial charge in [0, 0.05) is 93.7 Å². The lowest BCUT2D eigenvalue weighted by Gasteiger charge is -2.21. The molecule has 108 heavy (non-hydrogen) atoms. The fraction of sp³-hybridized carbons (Fsp3) is 0.384. The van der Waals surface area contributed by atoms with E-state index in [1.54, 1.807) is 68.7 Å². The largest absolute Gasteiger partial charge is 0.495 e. The Bertz CT molecular complexity index is 4810. The summed E-state index contributed by atoms with van der Waals surface area (Å²) in [5.41, 5.74) is 8.38. The molecule has 0 bridgehead atoms. The highest BCUT2D eigenvalue weighted by Gasteiger charge is 2.33. The first-order chi connectivity index (χ1) is 51.5. The highest BCUT2D eigenvalue weighted by Crippen LogP contribution is 2.49. The zero-order valence-corrected chi connectivity index (χ0v) is 66.5. The number of amides is 1. The number of anilines is 3. The molecule has 9 heterocycles. The van der Waals surface area contributed by atoms with Gasteiger partial charge in [0.2, 0.25) is 29.0 Å². The SMILES string of the molecule is C=CC(=O)Cl.C=CC(=O)N[C@H]1COC[C@H]1Nc1ncc2cc(-c3c(Cl)c(OC)cc(OC)c3Cl)c(=O)n(C(C)C)c2n1.COc1cc(OC)c(Cl)c(-c2cc3cnc(N[C@@H]4COC[C@@H]4C)nc3n(C(C)C)c2=O)c1Cl.COc1cc(OC)c(Cl)c(-c2cc3cnc(N[C@@H]4COC[C@@H]4N)nc3n(C(C)C)c2=O)c1Cl. The third kappa shape index (κ3) is 17.9. The Morgan fingerprint density at radius 1 is 0.472 bits per heavy atom. The number of halogens is 7. The molecular weight excluding hydrogens is 1550 g/mol. The lowest BCUT2D eigenvalue weighted by atomic mass is 10.0. The quantitative estimate of drug-likeness (QED) is 0.0329. The summed E-state index contributed by atoms with van der Waals surface area (Å²) < 4.78 is 53.4. The number of carbonyl (C=O) groups is 2. The Balaban J connectivity index is 0.000000181. The lowest BCUT2D eigenvalue weighted by Crippen LogP contribution is -2.45. The van der Waals surface area contributed by atoms with Crippen molar-refractivity contribution in [2.45, 2.75) is 96.8 Å². The number of rotatable bonds is 21. The average Bonchev–Trinajstić information content (AvgIpc) is 0.808. The van der Waals surface area contributed by atoms with Gasteiger partial charge < -0.3 is 69.6 Å². The molecule has 3 aromatic carbocycles. The number of nitrogens with one attached hydrogen (secondary N) is 4. The molecule has 0 saturated carbocycles. The van der Waals surface area contributed by atoms with E-state index in [1.165, 1.54) is 48.7 Å². The Labute approximate surface area is 656 Å². The second-order valence-corrected chi connectivity index (χ2v) is 28.2. The molecule has 3 aliphatic rings. The van der Waals surface area contributed by atoms with E-state index in [0.717, 1.165) is 6.08 Å². The monoisotopic (exact) mass is 1620 g/mol. The molecule has 28 nitrogen and oxygen atoms in total. The van der Waals surface area contributed by atoms with E-state index in [-0.39, 0.29) is 107 Å². The number of allylic oxidation sites excluding steroid dienone is 1. The first-order valence-corrected chi connectivity index (χ1v) is 36.3. The molecule has 3 aliphatic heterocycles. The average molecular weight is 1630 g/mol. The smallest absolute Gasteiger partial charge is 0.260 e. The Hall–Kier alpha value is -8.78. The number of fused-ring (bicyclic) bond motifs is 3. The summed E-state index contributed by atoms with van der Waals surface area (Å²) in [5.74, 6) is 3.19. The maximum absolute atomic E-state index is 13.8. The topological polar surface area (TPSA) is 335 Å². The molecule has 0 spiro atoms. The number of aromatic nitrogens is 9. The van der Waals surface area contributed by atoms with Gasteiger partial charge in [-0.25, -0.2) is 15.0 Å². The highest BCUT2D eigenvalue weighted by atomic mass is 35.5. The first kappa shape index (κ1) is 83.3. The number of methoxy groups -OCH3 is 6. The summed E-state index contributed by atoms with van der Waals surface area (Å²) >= 11 is 44.3. The van der Waals surface area contributed by atoms with Crippen LogP contribution in [0.15, 0.2) is 94.7 Å². The molecule has 6 aromatic heterocycles. The molecule has 3 fully saturated rings. The van der Waals surface area contributed by atoms with Gasteiger partial charge in [0.15, 0.2) is 0 Å². The fourth-order valence-electron chi connectivity index (χ4n) is 12.1. The van der Waals surface area contributed by atoms with Crippen molar-refractivity contribution in [3.63, 3.8) is 0 Å². The van der Waals surface area contributed by atoms with E-state index in [0.29, 0.717) is 159 Å². The van der Waals surface area contributed by atoms with Crippen molar-refractivity contribution < 1.29 is 52.2 Å². The lowest BCUT2D eigenvalue weighted by molar-refractivity contribution is -0.117. The van der Waals surface area contributed by atoms with Gasteiger partial charge in [-0.05, 0) is 83.5 Å². The number of nitrogens with zero attached hydrogens (tertiary/aromatic N) is 9. The van der Waals surface area contributed by atoms with Crippen molar-refractivity contribution in [3.8, 4) is 67.9 Å². The van der Waals surface area contributed by atoms with Crippen LogP contribution in [0.3, 0.4) is 0 Å². The third-order valence-electron chi connectivity index (χ3n) is 17.6. The fourth-order valence-corrected chi connectivity index (χ4v) is 14.2. The number of pyridine rings is 3. The van der Waals surface area contributed by atoms with Crippen molar-refractivity contribution in [1.29, 1.82) is 0 Å². The maximum Gasteiger partial charge on any atom is 0.260 e. The molecule has 9 aromatic rings. The van der Waals surface area contributed by atoms with Gasteiger partial charge >= 0.3 is 0 Å². The zero-order chi connectivity index (χ0) is 78.9. The molecule has 0 radical (unpaired) electrons. The van der Waals surface area contributed by atoms with Gasteiger partial charge in [-0.15, -0.1) is 0 Å². The van der Waals surface area contributed by atoms with Crippen LogP contribution in [-0.4, -0.2) is 167 Å². The molecule has 35 heteroatoms. The van der Waals surface area contributed by atoms with Gasteiger partial charge in [0.1, 0.15) is 51.4 Å². The Kier molecular flexibility index (Phi) is 28.2. The van der Waals surface area contributed by atoms with E-state index in [4.69, 9.17) is 130 Å². The predicted molar refractivity (Wildman–Crippen MR) is 423 cm³/mol. The highest BCUT2D eigenvalue weighted by molar-refractivity contribution is 6.66. The summed E-state index contributed by atoms with van der Waals surface area (Å²) in [6.45, 7) is 23.0. The molecule has 0 unspecified atom stereocenters. The maximum atomic E-state index is 13.8. The van der Waals surface area contributed by atoms with E-state index in [1.807, 2.05) is 41.5 Å². The summed E-state index contributed by atoms with van der Waals surface area (Å²) in [4.78, 5) is 89.7. The van der Waals surface area contributed by atoms with Gasteiger partial charge in [-0.2, -0.15) is 15.0 Å². The van der Waals surface area contributed by atoms with E-state index >= 15 is 0 Å². The minimum absolute atomic E-state index is 0.109. The second-order valence-electron chi connectivity index (χ2n) is 25.6. The third-order valence-corrected chi connectivity index (χ3v) is 20.0. The Morgan fingerprint density at radius 3 is 1.04 bits per heavy atom. The number of hydrogen-bond acceptors (Lipinski definition) is 24. The summed E-state index contributed by atoms with van der Waals surface area (Å²) in [5, 5.41) is 15.2. The summed E-state index contributed by atoms with van der Waals surface area (Å²) in [6.07, 6.45) is 7.19. The number of carbonyl (C=O) groups excluding carboxylic acids is 2. The molecule has 3 saturated heterocycles. The van der Waals surface area contributed by atoms with E-state index < -0.39 is 5.24 Å². The van der Waals surface area contributed by atoms with Crippen LogP contribution in [0.2, 0.25) is 30.1 Å². The van der Waals surface area contributed by atoms with Gasteiger partial charge in [0.05, 0.1) is 159 Å². The van der Waals surface area contributed by atoms with Crippen molar-refractivity contribution in [1.82, 2.24) is 48.9 Å². The normalized spacial score (nSPS) is 17.3. The van der Waals surface area contributed by atoms with E-state index in [2.05, 4.69) is 71.3 Å². The number of benzene rings is 3. The van der Waals surface area contributed by atoms with E-state index in [9.17, 15) is 24.0 Å². The number of hydrogen-bond donors (Lipinski definition) is 5. The summed E-state index contributed by atoms with van der Waals surface area (Å²) in [7, 11) is 8.88. The standard InChI is InChI=1S/C25H27Cl2N5O5.C23H26Cl2N4O4.C22H25Cl2N5O4.C3H3ClO/c1-6-19(33)29-15-10-37-11-16(15)30-25-28-9-13-7-14(24(34)32(12(2)3)23(13)31-25)20-21(26)17(35-4)8-18(36-5)22(20)27;1-11(2)29-21-13(8-26-23(28-21)27-15-10-33-9-12(15)3)6-14(22(29)30)18-19(24)16(31-4)7-17(32-5)20(18)25;1-10(2)29-20-11(7-26-22(28-20)27-14-9-33-8-13(14)25)5-12(21(29)30)17-18(23)15(31-3)6-16(32-4)19(17)24;1-2-3(4)5/h6-9,12,15-16H,1,10-11H2,2-5H3,(H,29,33)(H,28,30,31);6-8,11-12,15H,9-10H2,1-5H3,(H,26,27,28);5-7,10,13-14H,8-9,25H2,1-4H3,(H,26,27,28);2H,1H2/t15-,16+;12-,15+;13-,14+;/m000./s1. The van der Waals surface area contributed by atoms with Gasteiger partial charge in [-0.3, -0.25) is 37.7 Å². The van der Waals surface area contributed by atoms with Gasteiger partial charge in [0.25, 0.3) is 16.7 Å². The minimum Gasteiger partial charge on any atom is -0.495 e. The molecule has 1 amide bonds. The van der Waals surface area contributed by atoms with Crippen molar-refractivity contribution >= 4 is 143 Å². The zero-order valence-electron chi connectivity index (χ0n) is 61.2. The molecule has 0 aliphatic carbocycles. The van der Waals surface area contributed by atoms with Crippen LogP contribution in [-0.2, 0) is 23.8 Å². The van der Waals surface area contributed by atoms with Crippen LogP contribution in [0.1, 0.15) is 66.6 Å². The van der Waals surface area contributed by atoms with Crippen LogP contribution in [0.4, 0.5) is 17.8 Å². The minimum atomic E-state index is -0.509. The molecule has 6 N–H and O–H groups in total. The van der Waals surface area contributed by atoms with Crippen LogP contribution in [0.5, 0.6) is 34.5 Å². The van der Waals surface area contributed by atoms with Crippen LogP contribution in [0, 0.1) is 5.92 Å². The number of ether oxygens (including phenoxy) is 9. The van der Waals surface area contributed by atoms with Crippen molar-refractivity contribution in [2.75, 3.05) is 98.3 Å². The first-order valence-electron chi connectivity index (χ1n) is 33.6. The predicted octanol–water partition coefficient (Wildman–Crippen LogP) is 13.1.